The number of hydrogen-bond donors (Lipinski definition) is 1. The molecule has 1 aromatic carbocycles. The number of nitrogens with zero attached hydrogens (tertiary/aromatic N) is 1. The van der Waals surface area contributed by atoms with E-state index < -0.39 is 4.92 Å². The van der Waals surface area contributed by atoms with Gasteiger partial charge in [0.2, 0.25) is 0 Å². The van der Waals surface area contributed by atoms with Crippen molar-refractivity contribution in [2.24, 2.45) is 5.92 Å². The highest BCUT2D eigenvalue weighted by Gasteiger charge is 2.36. The SMILES string of the molecule is CCCC1CC1Nc1ccc([N+](=O)[O-])c(OC(C)C)c1. The Morgan fingerprint density at radius 3 is 2.85 bits per heavy atom. The van der Waals surface area contributed by atoms with Crippen LogP contribution in [0, 0.1) is 16.0 Å². The number of rotatable bonds is 7. The standard InChI is InChI=1S/C15H22N2O3/c1-4-5-11-8-13(11)16-12-6-7-14(17(18)19)15(9-12)20-10(2)3/h6-7,9-11,13,16H,4-5,8H2,1-3H3. The summed E-state index contributed by atoms with van der Waals surface area (Å²) >= 11 is 0. The van der Waals surface area contributed by atoms with Crippen LogP contribution in [0.5, 0.6) is 5.75 Å². The first-order valence-corrected chi connectivity index (χ1v) is 7.23. The second-order valence-electron chi connectivity index (χ2n) is 5.64. The van der Waals surface area contributed by atoms with Gasteiger partial charge < -0.3 is 10.1 Å². The van der Waals surface area contributed by atoms with E-state index in [1.54, 1.807) is 12.1 Å². The lowest BCUT2D eigenvalue weighted by Crippen LogP contribution is -2.09. The third-order valence-electron chi connectivity index (χ3n) is 3.45. The van der Waals surface area contributed by atoms with Crippen molar-refractivity contribution in [1.29, 1.82) is 0 Å². The summed E-state index contributed by atoms with van der Waals surface area (Å²) < 4.78 is 5.54. The second kappa shape index (κ2) is 6.11. The monoisotopic (exact) mass is 278 g/mol. The smallest absolute Gasteiger partial charge is 0.311 e. The molecule has 20 heavy (non-hydrogen) atoms. The number of anilines is 1. The molecule has 5 heteroatoms. The maximum absolute atomic E-state index is 11.0. The molecule has 5 nitrogen and oxygen atoms in total. The number of benzene rings is 1. The zero-order valence-corrected chi connectivity index (χ0v) is 12.3. The maximum Gasteiger partial charge on any atom is 0.311 e. The van der Waals surface area contributed by atoms with E-state index in [1.807, 2.05) is 13.8 Å². The van der Waals surface area contributed by atoms with E-state index in [0.717, 1.165) is 11.6 Å². The van der Waals surface area contributed by atoms with Crippen LogP contribution in [0.15, 0.2) is 18.2 Å². The van der Waals surface area contributed by atoms with E-state index in [-0.39, 0.29) is 11.8 Å². The van der Waals surface area contributed by atoms with Crippen molar-refractivity contribution in [2.45, 2.75) is 52.2 Å². The molecule has 1 fully saturated rings. The Morgan fingerprint density at radius 2 is 2.25 bits per heavy atom. The van der Waals surface area contributed by atoms with Crippen molar-refractivity contribution >= 4 is 11.4 Å². The first kappa shape index (κ1) is 14.6. The van der Waals surface area contributed by atoms with Gasteiger partial charge >= 0.3 is 5.69 Å². The van der Waals surface area contributed by atoms with Crippen LogP contribution in [0.3, 0.4) is 0 Å². The van der Waals surface area contributed by atoms with Crippen LogP contribution in [-0.4, -0.2) is 17.1 Å². The summed E-state index contributed by atoms with van der Waals surface area (Å²) in [4.78, 5) is 10.6. The van der Waals surface area contributed by atoms with E-state index in [9.17, 15) is 10.1 Å². The Balaban J connectivity index is 2.09. The van der Waals surface area contributed by atoms with Crippen LogP contribution in [0.25, 0.3) is 0 Å². The molecule has 2 atom stereocenters. The highest BCUT2D eigenvalue weighted by Crippen LogP contribution is 2.39. The van der Waals surface area contributed by atoms with Gasteiger partial charge in [0.25, 0.3) is 0 Å². The first-order valence-electron chi connectivity index (χ1n) is 7.23. The fourth-order valence-corrected chi connectivity index (χ4v) is 2.43. The van der Waals surface area contributed by atoms with Crippen LogP contribution >= 0.6 is 0 Å². The maximum atomic E-state index is 11.0. The molecule has 1 saturated carbocycles. The fraction of sp³-hybridized carbons (Fsp3) is 0.600. The summed E-state index contributed by atoms with van der Waals surface area (Å²) in [5.41, 5.74) is 0.917. The molecule has 1 aliphatic rings. The molecule has 0 radical (unpaired) electrons. The Bertz CT molecular complexity index is 488. The van der Waals surface area contributed by atoms with Gasteiger partial charge in [0.05, 0.1) is 11.0 Å². The largest absolute Gasteiger partial charge is 0.484 e. The van der Waals surface area contributed by atoms with Crippen molar-refractivity contribution in [3.63, 3.8) is 0 Å². The molecular weight excluding hydrogens is 256 g/mol. The summed E-state index contributed by atoms with van der Waals surface area (Å²) in [6.45, 7) is 5.92. The van der Waals surface area contributed by atoms with Gasteiger partial charge in [-0.25, -0.2) is 0 Å². The summed E-state index contributed by atoms with van der Waals surface area (Å²) in [6.07, 6.45) is 3.54. The third kappa shape index (κ3) is 3.62. The first-order chi connectivity index (χ1) is 9.51. The topological polar surface area (TPSA) is 64.4 Å². The Morgan fingerprint density at radius 1 is 1.50 bits per heavy atom. The number of hydrogen-bond acceptors (Lipinski definition) is 4. The van der Waals surface area contributed by atoms with Gasteiger partial charge in [0.15, 0.2) is 5.75 Å². The number of nitro groups is 1. The molecule has 0 spiro atoms. The highest BCUT2D eigenvalue weighted by atomic mass is 16.6. The molecule has 0 bridgehead atoms. The minimum atomic E-state index is -0.404. The zero-order valence-electron chi connectivity index (χ0n) is 12.3. The molecule has 1 aliphatic carbocycles. The van der Waals surface area contributed by atoms with Gasteiger partial charge in [-0.05, 0) is 38.7 Å². The molecule has 0 aromatic heterocycles. The molecule has 0 aliphatic heterocycles. The lowest BCUT2D eigenvalue weighted by atomic mass is 10.2. The molecule has 2 rings (SSSR count). The van der Waals surface area contributed by atoms with Gasteiger partial charge in [0.1, 0.15) is 0 Å². The quantitative estimate of drug-likeness (QED) is 0.605. The summed E-state index contributed by atoms with van der Waals surface area (Å²) in [5.74, 6) is 1.08. The average molecular weight is 278 g/mol. The van der Waals surface area contributed by atoms with Crippen LogP contribution in [0.4, 0.5) is 11.4 Å². The molecule has 1 aromatic rings. The number of ether oxygens (including phenoxy) is 1. The van der Waals surface area contributed by atoms with Crippen molar-refractivity contribution in [3.05, 3.63) is 28.3 Å². The van der Waals surface area contributed by atoms with Crippen molar-refractivity contribution in [2.75, 3.05) is 5.32 Å². The van der Waals surface area contributed by atoms with Crippen LogP contribution < -0.4 is 10.1 Å². The van der Waals surface area contributed by atoms with E-state index in [2.05, 4.69) is 12.2 Å². The molecule has 1 N–H and O–H groups in total. The Kier molecular flexibility index (Phi) is 4.47. The van der Waals surface area contributed by atoms with Crippen molar-refractivity contribution in [3.8, 4) is 5.75 Å². The van der Waals surface area contributed by atoms with Gasteiger partial charge in [-0.3, -0.25) is 10.1 Å². The third-order valence-corrected chi connectivity index (χ3v) is 3.45. The van der Waals surface area contributed by atoms with Gasteiger partial charge in [-0.1, -0.05) is 13.3 Å². The fourth-order valence-electron chi connectivity index (χ4n) is 2.43. The van der Waals surface area contributed by atoms with Crippen molar-refractivity contribution < 1.29 is 9.66 Å². The van der Waals surface area contributed by atoms with Gasteiger partial charge in [-0.15, -0.1) is 0 Å². The van der Waals surface area contributed by atoms with E-state index >= 15 is 0 Å². The molecule has 2 unspecified atom stereocenters. The number of nitro benzene ring substituents is 1. The lowest BCUT2D eigenvalue weighted by Gasteiger charge is -2.12. The van der Waals surface area contributed by atoms with Crippen LogP contribution in [0.1, 0.15) is 40.0 Å². The predicted octanol–water partition coefficient (Wildman–Crippen LogP) is 3.98. The summed E-state index contributed by atoms with van der Waals surface area (Å²) in [7, 11) is 0. The average Bonchev–Trinajstić information content (AvgIpc) is 3.06. The van der Waals surface area contributed by atoms with E-state index in [4.69, 9.17) is 4.74 Å². The van der Waals surface area contributed by atoms with E-state index in [1.165, 1.54) is 25.3 Å². The number of nitrogens with one attached hydrogen (secondary N) is 1. The highest BCUT2D eigenvalue weighted by molar-refractivity contribution is 5.58. The Hall–Kier alpha value is -1.78. The van der Waals surface area contributed by atoms with Crippen LogP contribution in [0.2, 0.25) is 0 Å². The summed E-state index contributed by atoms with van der Waals surface area (Å²) in [5, 5.41) is 14.4. The minimum Gasteiger partial charge on any atom is -0.484 e. The molecule has 110 valence electrons. The normalized spacial score (nSPS) is 20.8. The molecule has 0 saturated heterocycles. The summed E-state index contributed by atoms with van der Waals surface area (Å²) in [6, 6.07) is 5.51. The van der Waals surface area contributed by atoms with Crippen molar-refractivity contribution in [1.82, 2.24) is 0 Å². The van der Waals surface area contributed by atoms with Crippen LogP contribution in [-0.2, 0) is 0 Å². The molecular formula is C15H22N2O3. The second-order valence-corrected chi connectivity index (χ2v) is 5.64. The predicted molar refractivity (Wildman–Crippen MR) is 79.3 cm³/mol. The zero-order chi connectivity index (χ0) is 14.7. The Labute approximate surface area is 119 Å². The lowest BCUT2D eigenvalue weighted by molar-refractivity contribution is -0.386. The van der Waals surface area contributed by atoms with Gasteiger partial charge in [-0.2, -0.15) is 0 Å². The molecule has 0 amide bonds. The van der Waals surface area contributed by atoms with Gasteiger partial charge in [0, 0.05) is 23.9 Å². The minimum absolute atomic E-state index is 0.0187. The van der Waals surface area contributed by atoms with E-state index in [0.29, 0.717) is 11.8 Å². The molecule has 0 heterocycles.